The first kappa shape index (κ1) is 23.0. The van der Waals surface area contributed by atoms with Crippen molar-refractivity contribution in [2.75, 3.05) is 12.3 Å². The predicted octanol–water partition coefficient (Wildman–Crippen LogP) is 4.42. The highest BCUT2D eigenvalue weighted by molar-refractivity contribution is 7.99. The summed E-state index contributed by atoms with van der Waals surface area (Å²) in [5.74, 6) is 1.38. The van der Waals surface area contributed by atoms with Crippen molar-refractivity contribution in [3.05, 3.63) is 71.3 Å². The number of rotatable bonds is 10. The van der Waals surface area contributed by atoms with Gasteiger partial charge in [-0.25, -0.2) is 0 Å². The summed E-state index contributed by atoms with van der Waals surface area (Å²) >= 11 is 1.58. The van der Waals surface area contributed by atoms with E-state index < -0.39 is 6.04 Å². The summed E-state index contributed by atoms with van der Waals surface area (Å²) in [6.45, 7) is 9.01. The number of carbonyl (C=O) groups excluding carboxylic acids is 2. The predicted molar refractivity (Wildman–Crippen MR) is 122 cm³/mol. The summed E-state index contributed by atoms with van der Waals surface area (Å²) in [6, 6.07) is 17.6. The molecule has 1 atom stereocenters. The van der Waals surface area contributed by atoms with Crippen LogP contribution in [-0.2, 0) is 21.9 Å². The number of carbonyl (C=O) groups is 2. The minimum absolute atomic E-state index is 0.0126. The number of benzene rings is 2. The van der Waals surface area contributed by atoms with E-state index in [1.54, 1.807) is 16.7 Å². The Hall–Kier alpha value is -2.27. The van der Waals surface area contributed by atoms with E-state index in [-0.39, 0.29) is 11.8 Å². The van der Waals surface area contributed by atoms with Crippen molar-refractivity contribution in [2.45, 2.75) is 46.0 Å². The molecule has 0 fully saturated rings. The summed E-state index contributed by atoms with van der Waals surface area (Å²) in [5, 5.41) is 2.96. The van der Waals surface area contributed by atoms with E-state index >= 15 is 0 Å². The Morgan fingerprint density at radius 3 is 2.31 bits per heavy atom. The molecule has 0 aliphatic heterocycles. The van der Waals surface area contributed by atoms with Crippen LogP contribution in [0.1, 0.15) is 37.5 Å². The fourth-order valence-corrected chi connectivity index (χ4v) is 3.79. The lowest BCUT2D eigenvalue weighted by Gasteiger charge is -2.29. The molecule has 0 aliphatic carbocycles. The molecule has 4 nitrogen and oxygen atoms in total. The highest BCUT2D eigenvalue weighted by Gasteiger charge is 2.26. The van der Waals surface area contributed by atoms with E-state index in [1.165, 1.54) is 5.56 Å². The van der Waals surface area contributed by atoms with Crippen molar-refractivity contribution < 1.29 is 9.59 Å². The highest BCUT2D eigenvalue weighted by Crippen LogP contribution is 2.17. The molecular formula is C24H32N2O2S. The van der Waals surface area contributed by atoms with Gasteiger partial charge in [0.05, 0.1) is 5.75 Å². The minimum atomic E-state index is -0.516. The smallest absolute Gasteiger partial charge is 0.242 e. The molecule has 0 spiro atoms. The van der Waals surface area contributed by atoms with Crippen LogP contribution in [-0.4, -0.2) is 35.1 Å². The quantitative estimate of drug-likeness (QED) is 0.628. The summed E-state index contributed by atoms with van der Waals surface area (Å²) in [4.78, 5) is 27.4. The lowest BCUT2D eigenvalue weighted by molar-refractivity contribution is -0.138. The van der Waals surface area contributed by atoms with Gasteiger partial charge in [-0.1, -0.05) is 68.4 Å². The number of thioether (sulfide) groups is 1. The fraction of sp³-hybridized carbons (Fsp3) is 0.417. The van der Waals surface area contributed by atoms with E-state index in [4.69, 9.17) is 0 Å². The van der Waals surface area contributed by atoms with Crippen molar-refractivity contribution in [3.8, 4) is 0 Å². The SMILES string of the molecule is Cc1ccccc1CN(C(=O)CSCc1ccccc1)C(C)C(=O)NCC(C)C. The lowest BCUT2D eigenvalue weighted by atomic mass is 10.1. The molecular weight excluding hydrogens is 380 g/mol. The number of amides is 2. The molecule has 1 unspecified atom stereocenters. The van der Waals surface area contributed by atoms with Crippen LogP contribution >= 0.6 is 11.8 Å². The average molecular weight is 413 g/mol. The van der Waals surface area contributed by atoms with Crippen molar-refractivity contribution in [1.29, 1.82) is 0 Å². The first-order chi connectivity index (χ1) is 13.9. The fourth-order valence-electron chi connectivity index (χ4n) is 2.92. The summed E-state index contributed by atoms with van der Waals surface area (Å²) < 4.78 is 0. The van der Waals surface area contributed by atoms with Crippen LogP contribution in [0.4, 0.5) is 0 Å². The van der Waals surface area contributed by atoms with E-state index in [1.807, 2.05) is 56.3 Å². The van der Waals surface area contributed by atoms with Crippen molar-refractivity contribution in [2.24, 2.45) is 5.92 Å². The van der Waals surface area contributed by atoms with Crippen LogP contribution in [0.15, 0.2) is 54.6 Å². The number of hydrogen-bond donors (Lipinski definition) is 1. The second kappa shape index (κ2) is 11.7. The molecule has 0 bridgehead atoms. The van der Waals surface area contributed by atoms with Gasteiger partial charge >= 0.3 is 0 Å². The van der Waals surface area contributed by atoms with Crippen LogP contribution in [0.2, 0.25) is 0 Å². The molecule has 5 heteroatoms. The molecule has 1 N–H and O–H groups in total. The van der Waals surface area contributed by atoms with Crippen molar-refractivity contribution >= 4 is 23.6 Å². The Bertz CT molecular complexity index is 792. The standard InChI is InChI=1S/C24H32N2O2S/c1-18(2)14-25-24(28)20(4)26(15-22-13-9-8-10-19(22)3)23(27)17-29-16-21-11-6-5-7-12-21/h5-13,18,20H,14-17H2,1-4H3,(H,25,28). The van der Waals surface area contributed by atoms with Gasteiger partial charge in [-0.15, -0.1) is 11.8 Å². The second-order valence-corrected chi connectivity index (χ2v) is 8.73. The van der Waals surface area contributed by atoms with E-state index in [0.717, 1.165) is 16.9 Å². The van der Waals surface area contributed by atoms with Gasteiger partial charge in [0.25, 0.3) is 0 Å². The van der Waals surface area contributed by atoms with Crippen LogP contribution in [0.25, 0.3) is 0 Å². The van der Waals surface area contributed by atoms with E-state index in [0.29, 0.717) is 24.8 Å². The third-order valence-electron chi connectivity index (χ3n) is 4.79. The Morgan fingerprint density at radius 2 is 1.66 bits per heavy atom. The maximum absolute atomic E-state index is 13.1. The maximum atomic E-state index is 13.1. The largest absolute Gasteiger partial charge is 0.354 e. The molecule has 0 aromatic heterocycles. The zero-order valence-electron chi connectivity index (χ0n) is 17.9. The summed E-state index contributed by atoms with van der Waals surface area (Å²) in [7, 11) is 0. The molecule has 0 saturated heterocycles. The highest BCUT2D eigenvalue weighted by atomic mass is 32.2. The first-order valence-corrected chi connectivity index (χ1v) is 11.3. The lowest BCUT2D eigenvalue weighted by Crippen LogP contribution is -2.48. The number of nitrogens with one attached hydrogen (secondary N) is 1. The molecule has 156 valence electrons. The Kier molecular flexibility index (Phi) is 9.26. The number of nitrogens with zero attached hydrogens (tertiary/aromatic N) is 1. The molecule has 0 heterocycles. The van der Waals surface area contributed by atoms with Crippen LogP contribution in [0.3, 0.4) is 0 Å². The topological polar surface area (TPSA) is 49.4 Å². The number of hydrogen-bond acceptors (Lipinski definition) is 3. The van der Waals surface area contributed by atoms with Gasteiger partial charge in [-0.05, 0) is 36.5 Å². The van der Waals surface area contributed by atoms with Gasteiger partial charge in [0.2, 0.25) is 11.8 Å². The van der Waals surface area contributed by atoms with Crippen LogP contribution in [0.5, 0.6) is 0 Å². The average Bonchev–Trinajstić information content (AvgIpc) is 2.71. The maximum Gasteiger partial charge on any atom is 0.242 e. The van der Waals surface area contributed by atoms with Gasteiger partial charge in [0.1, 0.15) is 6.04 Å². The Labute approximate surface area is 179 Å². The van der Waals surface area contributed by atoms with Gasteiger partial charge in [0.15, 0.2) is 0 Å². The molecule has 2 rings (SSSR count). The number of aryl methyl sites for hydroxylation is 1. The minimum Gasteiger partial charge on any atom is -0.354 e. The normalized spacial score (nSPS) is 11.9. The molecule has 0 aliphatic rings. The molecule has 29 heavy (non-hydrogen) atoms. The zero-order chi connectivity index (χ0) is 21.2. The third-order valence-corrected chi connectivity index (χ3v) is 5.78. The van der Waals surface area contributed by atoms with Crippen LogP contribution < -0.4 is 5.32 Å². The molecule has 2 aromatic carbocycles. The van der Waals surface area contributed by atoms with E-state index in [2.05, 4.69) is 31.3 Å². The van der Waals surface area contributed by atoms with Gasteiger partial charge in [-0.2, -0.15) is 0 Å². The van der Waals surface area contributed by atoms with Crippen molar-refractivity contribution in [1.82, 2.24) is 10.2 Å². The summed E-state index contributed by atoms with van der Waals surface area (Å²) in [5.41, 5.74) is 3.38. The third kappa shape index (κ3) is 7.58. The van der Waals surface area contributed by atoms with Crippen molar-refractivity contribution in [3.63, 3.8) is 0 Å². The molecule has 2 amide bonds. The van der Waals surface area contributed by atoms with Gasteiger partial charge in [-0.3, -0.25) is 9.59 Å². The first-order valence-electron chi connectivity index (χ1n) is 10.1. The Balaban J connectivity index is 2.06. The Morgan fingerprint density at radius 1 is 1.00 bits per heavy atom. The second-order valence-electron chi connectivity index (χ2n) is 7.74. The monoisotopic (exact) mass is 412 g/mol. The molecule has 0 saturated carbocycles. The van der Waals surface area contributed by atoms with E-state index in [9.17, 15) is 9.59 Å². The summed E-state index contributed by atoms with van der Waals surface area (Å²) in [6.07, 6.45) is 0. The zero-order valence-corrected chi connectivity index (χ0v) is 18.7. The van der Waals surface area contributed by atoms with Gasteiger partial charge < -0.3 is 10.2 Å². The molecule has 2 aromatic rings. The van der Waals surface area contributed by atoms with Gasteiger partial charge in [0, 0.05) is 18.8 Å². The van der Waals surface area contributed by atoms with Crippen LogP contribution in [0, 0.1) is 12.8 Å². The molecule has 0 radical (unpaired) electrons.